The fourth-order valence-electron chi connectivity index (χ4n) is 1.32. The van der Waals surface area contributed by atoms with E-state index in [0.29, 0.717) is 6.54 Å². The zero-order chi connectivity index (χ0) is 9.84. The Bertz CT molecular complexity index is 281. The molecule has 1 unspecified atom stereocenters. The van der Waals surface area contributed by atoms with Crippen LogP contribution in [-0.4, -0.2) is 12.6 Å². The molecule has 0 aliphatic heterocycles. The third-order valence-electron chi connectivity index (χ3n) is 2.37. The van der Waals surface area contributed by atoms with Gasteiger partial charge >= 0.3 is 0 Å². The number of aryl methyl sites for hydroxylation is 2. The number of hydrogen-bond acceptors (Lipinski definition) is 2. The van der Waals surface area contributed by atoms with Crippen molar-refractivity contribution < 1.29 is 0 Å². The highest BCUT2D eigenvalue weighted by molar-refractivity contribution is 5.30. The Balaban J connectivity index is 2.73. The van der Waals surface area contributed by atoms with Crippen molar-refractivity contribution in [2.45, 2.75) is 26.3 Å². The van der Waals surface area contributed by atoms with Crippen LogP contribution < -0.4 is 11.5 Å². The van der Waals surface area contributed by atoms with Crippen LogP contribution in [0.1, 0.15) is 16.7 Å². The second-order valence-electron chi connectivity index (χ2n) is 3.62. The third kappa shape index (κ3) is 2.83. The maximum atomic E-state index is 5.77. The highest BCUT2D eigenvalue weighted by Crippen LogP contribution is 2.10. The van der Waals surface area contributed by atoms with E-state index in [2.05, 4.69) is 32.0 Å². The molecule has 0 radical (unpaired) electrons. The van der Waals surface area contributed by atoms with Crippen LogP contribution >= 0.6 is 0 Å². The Morgan fingerprint density at radius 1 is 1.23 bits per heavy atom. The van der Waals surface area contributed by atoms with Crippen LogP contribution in [0.3, 0.4) is 0 Å². The average molecular weight is 178 g/mol. The lowest BCUT2D eigenvalue weighted by Crippen LogP contribution is -2.31. The molecule has 72 valence electrons. The molecule has 0 amide bonds. The van der Waals surface area contributed by atoms with Gasteiger partial charge in [-0.15, -0.1) is 0 Å². The molecule has 0 aliphatic carbocycles. The fourth-order valence-corrected chi connectivity index (χ4v) is 1.32. The van der Waals surface area contributed by atoms with Crippen molar-refractivity contribution in [2.24, 2.45) is 11.5 Å². The van der Waals surface area contributed by atoms with Gasteiger partial charge in [0.05, 0.1) is 0 Å². The Morgan fingerprint density at radius 2 is 1.92 bits per heavy atom. The van der Waals surface area contributed by atoms with Crippen LogP contribution in [0.2, 0.25) is 0 Å². The van der Waals surface area contributed by atoms with Crippen molar-refractivity contribution in [1.29, 1.82) is 0 Å². The summed E-state index contributed by atoms with van der Waals surface area (Å²) in [6.45, 7) is 4.78. The second kappa shape index (κ2) is 4.40. The summed E-state index contributed by atoms with van der Waals surface area (Å²) in [6.07, 6.45) is 0.873. The molecule has 0 fully saturated rings. The molecule has 0 bridgehead atoms. The van der Waals surface area contributed by atoms with Crippen LogP contribution in [-0.2, 0) is 6.42 Å². The fraction of sp³-hybridized carbons (Fsp3) is 0.455. The van der Waals surface area contributed by atoms with Crippen LogP contribution in [0, 0.1) is 13.8 Å². The van der Waals surface area contributed by atoms with E-state index in [1.165, 1.54) is 16.7 Å². The Labute approximate surface area is 79.9 Å². The van der Waals surface area contributed by atoms with E-state index in [9.17, 15) is 0 Å². The highest BCUT2D eigenvalue weighted by Gasteiger charge is 2.02. The molecule has 1 aromatic carbocycles. The minimum absolute atomic E-state index is 0.0853. The third-order valence-corrected chi connectivity index (χ3v) is 2.37. The van der Waals surface area contributed by atoms with Gasteiger partial charge in [-0.1, -0.05) is 18.2 Å². The zero-order valence-electron chi connectivity index (χ0n) is 8.38. The first-order valence-electron chi connectivity index (χ1n) is 4.65. The van der Waals surface area contributed by atoms with Gasteiger partial charge in [-0.25, -0.2) is 0 Å². The van der Waals surface area contributed by atoms with Gasteiger partial charge in [0.15, 0.2) is 0 Å². The molecule has 2 nitrogen and oxygen atoms in total. The first-order chi connectivity index (χ1) is 6.13. The standard InChI is InChI=1S/C11H18N2/c1-8-3-4-10(5-9(8)2)6-11(13)7-12/h3-5,11H,6-7,12-13H2,1-2H3. The molecule has 0 aromatic heterocycles. The molecule has 0 saturated carbocycles. The molecule has 1 rings (SSSR count). The van der Waals surface area contributed by atoms with Crippen LogP contribution in [0.5, 0.6) is 0 Å². The lowest BCUT2D eigenvalue weighted by molar-refractivity contribution is 0.678. The molecule has 13 heavy (non-hydrogen) atoms. The molecule has 1 aromatic rings. The molecule has 0 spiro atoms. The Morgan fingerprint density at radius 3 is 2.46 bits per heavy atom. The Kier molecular flexibility index (Phi) is 3.46. The van der Waals surface area contributed by atoms with Crippen LogP contribution in [0.15, 0.2) is 18.2 Å². The smallest absolute Gasteiger partial charge is 0.0203 e. The van der Waals surface area contributed by atoms with Gasteiger partial charge in [-0.2, -0.15) is 0 Å². The maximum Gasteiger partial charge on any atom is 0.0203 e. The summed E-state index contributed by atoms with van der Waals surface area (Å²) < 4.78 is 0. The number of rotatable bonds is 3. The molecule has 2 heteroatoms. The quantitative estimate of drug-likeness (QED) is 0.729. The number of benzene rings is 1. The van der Waals surface area contributed by atoms with Crippen molar-refractivity contribution in [2.75, 3.05) is 6.54 Å². The first kappa shape index (κ1) is 10.2. The molecular weight excluding hydrogens is 160 g/mol. The summed E-state index contributed by atoms with van der Waals surface area (Å²) in [5, 5.41) is 0. The van der Waals surface area contributed by atoms with Gasteiger partial charge in [-0.3, -0.25) is 0 Å². The van der Waals surface area contributed by atoms with Gasteiger partial charge in [0, 0.05) is 12.6 Å². The number of nitrogens with two attached hydrogens (primary N) is 2. The van der Waals surface area contributed by atoms with E-state index in [1.807, 2.05) is 0 Å². The van der Waals surface area contributed by atoms with E-state index >= 15 is 0 Å². The van der Waals surface area contributed by atoms with Gasteiger partial charge in [0.2, 0.25) is 0 Å². The van der Waals surface area contributed by atoms with E-state index < -0.39 is 0 Å². The minimum Gasteiger partial charge on any atom is -0.329 e. The van der Waals surface area contributed by atoms with E-state index in [1.54, 1.807) is 0 Å². The summed E-state index contributed by atoms with van der Waals surface area (Å²) in [6, 6.07) is 6.53. The van der Waals surface area contributed by atoms with Crippen molar-refractivity contribution >= 4 is 0 Å². The zero-order valence-corrected chi connectivity index (χ0v) is 8.38. The molecule has 0 aliphatic rings. The normalized spacial score (nSPS) is 12.9. The van der Waals surface area contributed by atoms with E-state index in [0.717, 1.165) is 6.42 Å². The molecule has 1 atom stereocenters. The maximum absolute atomic E-state index is 5.77. The van der Waals surface area contributed by atoms with Crippen LogP contribution in [0.4, 0.5) is 0 Å². The van der Waals surface area contributed by atoms with Crippen molar-refractivity contribution in [3.63, 3.8) is 0 Å². The topological polar surface area (TPSA) is 52.0 Å². The predicted molar refractivity (Wildman–Crippen MR) is 56.6 cm³/mol. The molecule has 0 heterocycles. The summed E-state index contributed by atoms with van der Waals surface area (Å²) in [5.74, 6) is 0. The monoisotopic (exact) mass is 178 g/mol. The number of hydrogen-bond donors (Lipinski definition) is 2. The predicted octanol–water partition coefficient (Wildman–Crippen LogP) is 1.13. The van der Waals surface area contributed by atoms with Crippen LogP contribution in [0.25, 0.3) is 0 Å². The SMILES string of the molecule is Cc1ccc(CC(N)CN)cc1C. The first-order valence-corrected chi connectivity index (χ1v) is 4.65. The van der Waals surface area contributed by atoms with Crippen molar-refractivity contribution in [1.82, 2.24) is 0 Å². The van der Waals surface area contributed by atoms with Crippen molar-refractivity contribution in [3.05, 3.63) is 34.9 Å². The Hall–Kier alpha value is -0.860. The molecular formula is C11H18N2. The van der Waals surface area contributed by atoms with Gasteiger partial charge in [0.25, 0.3) is 0 Å². The summed E-state index contributed by atoms with van der Waals surface area (Å²) in [5.41, 5.74) is 15.2. The summed E-state index contributed by atoms with van der Waals surface area (Å²) in [4.78, 5) is 0. The lowest BCUT2D eigenvalue weighted by Gasteiger charge is -2.09. The second-order valence-corrected chi connectivity index (χ2v) is 3.62. The summed E-state index contributed by atoms with van der Waals surface area (Å²) >= 11 is 0. The lowest BCUT2D eigenvalue weighted by atomic mass is 10.0. The van der Waals surface area contributed by atoms with E-state index in [4.69, 9.17) is 11.5 Å². The van der Waals surface area contributed by atoms with Gasteiger partial charge in [0.1, 0.15) is 0 Å². The minimum atomic E-state index is 0.0853. The van der Waals surface area contributed by atoms with Gasteiger partial charge in [-0.05, 0) is 37.0 Å². The highest BCUT2D eigenvalue weighted by atomic mass is 14.7. The van der Waals surface area contributed by atoms with Crippen molar-refractivity contribution in [3.8, 4) is 0 Å². The average Bonchev–Trinajstić information content (AvgIpc) is 2.11. The summed E-state index contributed by atoms with van der Waals surface area (Å²) in [7, 11) is 0. The van der Waals surface area contributed by atoms with Gasteiger partial charge < -0.3 is 11.5 Å². The largest absolute Gasteiger partial charge is 0.329 e. The van der Waals surface area contributed by atoms with E-state index in [-0.39, 0.29) is 6.04 Å². The molecule has 4 N–H and O–H groups in total. The molecule has 0 saturated heterocycles.